The van der Waals surface area contributed by atoms with Crippen molar-refractivity contribution in [2.75, 3.05) is 34.9 Å². The van der Waals surface area contributed by atoms with Crippen molar-refractivity contribution in [1.82, 2.24) is 0 Å². The van der Waals surface area contributed by atoms with Gasteiger partial charge in [0.1, 0.15) is 0 Å². The first-order valence-corrected chi connectivity index (χ1v) is 16.9. The van der Waals surface area contributed by atoms with Crippen molar-refractivity contribution in [3.8, 4) is 0 Å². The van der Waals surface area contributed by atoms with Gasteiger partial charge in [-0.2, -0.15) is 0 Å². The molecule has 0 atom stereocenters. The number of carbonyl (C=O) groups excluding carboxylic acids is 1. The van der Waals surface area contributed by atoms with Crippen molar-refractivity contribution in [1.29, 1.82) is 0 Å². The molecule has 0 heterocycles. The number of nitrogens with one attached hydrogen (secondary N) is 1. The van der Waals surface area contributed by atoms with E-state index in [-0.39, 0.29) is 5.91 Å². The Bertz CT molecular complexity index is 1090. The molecule has 3 rings (SSSR count). The van der Waals surface area contributed by atoms with E-state index in [4.69, 9.17) is 0 Å². The van der Waals surface area contributed by atoms with E-state index in [0.717, 1.165) is 40.3 Å². The minimum absolute atomic E-state index is 0.122. The van der Waals surface area contributed by atoms with Gasteiger partial charge in [-0.3, -0.25) is 0 Å². The minimum atomic E-state index is -1.09. The molecular formula is C33H47N2OP. The van der Waals surface area contributed by atoms with E-state index in [1.807, 2.05) is 0 Å². The van der Waals surface area contributed by atoms with Gasteiger partial charge in [-0.15, -0.1) is 0 Å². The summed E-state index contributed by atoms with van der Waals surface area (Å²) in [4.78, 5) is 15.1. The number of benzene rings is 3. The van der Waals surface area contributed by atoms with Gasteiger partial charge in [0.05, 0.1) is 0 Å². The molecule has 0 radical (unpaired) electrons. The van der Waals surface area contributed by atoms with Crippen LogP contribution in [0, 0.1) is 27.7 Å². The van der Waals surface area contributed by atoms with Crippen molar-refractivity contribution < 1.29 is 4.79 Å². The van der Waals surface area contributed by atoms with Gasteiger partial charge in [0.15, 0.2) is 0 Å². The molecule has 3 nitrogen and oxygen atoms in total. The number of rotatable bonds is 12. The van der Waals surface area contributed by atoms with Gasteiger partial charge in [0.25, 0.3) is 0 Å². The van der Waals surface area contributed by atoms with Gasteiger partial charge < -0.3 is 0 Å². The molecule has 4 heteroatoms. The molecule has 0 unspecified atom stereocenters. The first-order valence-electron chi connectivity index (χ1n) is 14.1. The third kappa shape index (κ3) is 7.45. The van der Waals surface area contributed by atoms with E-state index >= 15 is 0 Å². The van der Waals surface area contributed by atoms with Crippen LogP contribution >= 0.6 is 7.26 Å². The third-order valence-corrected chi connectivity index (χ3v) is 14.1. The zero-order valence-corrected chi connectivity index (χ0v) is 25.1. The molecule has 3 aromatic carbocycles. The average molecular weight is 519 g/mol. The Kier molecular flexibility index (Phi) is 10.4. The van der Waals surface area contributed by atoms with Crippen LogP contribution in [-0.4, -0.2) is 30.6 Å². The summed E-state index contributed by atoms with van der Waals surface area (Å²) in [6.45, 7) is 15.6. The summed E-state index contributed by atoms with van der Waals surface area (Å²) in [5, 5.41) is 3.18. The zero-order valence-electron chi connectivity index (χ0n) is 24.1. The molecule has 3 aromatic rings. The van der Waals surface area contributed by atoms with E-state index in [9.17, 15) is 4.79 Å². The molecule has 0 fully saturated rings. The average Bonchev–Trinajstić information content (AvgIpc) is 2.88. The summed E-state index contributed by atoms with van der Waals surface area (Å²) in [5.41, 5.74) is 9.06. The van der Waals surface area contributed by atoms with Gasteiger partial charge in [0, 0.05) is 0 Å². The molecule has 0 aliphatic rings. The Balaban J connectivity index is 1.77. The monoisotopic (exact) mass is 518 g/mol. The number of hydrogen-bond donors (Lipinski definition) is 1. The Labute approximate surface area is 226 Å². The zero-order chi connectivity index (χ0) is 27.0. The van der Waals surface area contributed by atoms with E-state index in [1.165, 1.54) is 42.2 Å². The summed E-state index contributed by atoms with van der Waals surface area (Å²) in [7, 11) is -1.09. The van der Waals surface area contributed by atoms with E-state index in [0.29, 0.717) is 6.42 Å². The molecule has 0 aliphatic carbocycles. The Morgan fingerprint density at radius 2 is 1.19 bits per heavy atom. The maximum absolute atomic E-state index is 12.8. The molecule has 0 aromatic heterocycles. The number of anilines is 4. The number of nitrogens with zero attached hydrogens (tertiary/aromatic N) is 1. The fourth-order valence-electron chi connectivity index (χ4n) is 5.47. The molecule has 0 spiro atoms. The molecule has 0 saturated carbocycles. The van der Waals surface area contributed by atoms with Crippen molar-refractivity contribution in [3.63, 3.8) is 0 Å². The number of unbranched alkanes of at least 4 members (excludes halogenated alkanes) is 1. The Morgan fingerprint density at radius 3 is 1.62 bits per heavy atom. The van der Waals surface area contributed by atoms with E-state index < -0.39 is 7.26 Å². The van der Waals surface area contributed by atoms with Crippen LogP contribution in [-0.2, 0) is 4.79 Å². The van der Waals surface area contributed by atoms with Crippen LogP contribution in [0.2, 0.25) is 0 Å². The van der Waals surface area contributed by atoms with Crippen molar-refractivity contribution >= 4 is 35.9 Å². The van der Waals surface area contributed by atoms with Crippen LogP contribution in [0.15, 0.2) is 60.7 Å². The quantitative estimate of drug-likeness (QED) is 0.191. The molecule has 1 amide bonds. The van der Waals surface area contributed by atoms with Crippen LogP contribution in [0.3, 0.4) is 0 Å². The summed E-state index contributed by atoms with van der Waals surface area (Å²) in [5.74, 6) is 0.122. The standard InChI is InChI=1S/C33H47N2OP/c1-8-37(9-2,10-3)22-12-11-13-32(36)34-29-23-27(6)33(28(7)24-29)35(30-18-14-25(4)15-19-30)31-20-16-26(5)17-21-31/h14-21,23-24,37H,8-13,22H2,1-7H3,(H,34,36). The second-order valence-electron chi connectivity index (χ2n) is 10.8. The first kappa shape index (κ1) is 28.9. The van der Waals surface area contributed by atoms with Crippen LogP contribution in [0.5, 0.6) is 0 Å². The second-order valence-corrected chi connectivity index (χ2v) is 16.4. The summed E-state index contributed by atoms with van der Waals surface area (Å²) < 4.78 is 0. The number of hydrogen-bond acceptors (Lipinski definition) is 2. The summed E-state index contributed by atoms with van der Waals surface area (Å²) in [6, 6.07) is 21.6. The Morgan fingerprint density at radius 1 is 0.730 bits per heavy atom. The van der Waals surface area contributed by atoms with Gasteiger partial charge in [-0.05, 0) is 38.1 Å². The molecular weight excluding hydrogens is 471 g/mol. The van der Waals surface area contributed by atoms with Gasteiger partial charge in [0.2, 0.25) is 0 Å². The molecule has 0 saturated heterocycles. The van der Waals surface area contributed by atoms with Crippen LogP contribution in [0.1, 0.15) is 62.3 Å². The fourth-order valence-corrected chi connectivity index (χ4v) is 9.03. The van der Waals surface area contributed by atoms with E-state index in [1.54, 1.807) is 0 Å². The SMILES string of the molecule is CC[PH](CC)(CC)CCCCC(=O)Nc1cc(C)c(N(c2ccc(C)cc2)c2ccc(C)cc2)c(C)c1. The number of aryl methyl sites for hydroxylation is 4. The third-order valence-electron chi connectivity index (χ3n) is 8.19. The molecule has 1 N–H and O–H groups in total. The summed E-state index contributed by atoms with van der Waals surface area (Å²) >= 11 is 0. The molecule has 0 bridgehead atoms. The normalized spacial score (nSPS) is 11.9. The predicted octanol–water partition coefficient (Wildman–Crippen LogP) is 9.31. The van der Waals surface area contributed by atoms with Gasteiger partial charge >= 0.3 is 153 Å². The second kappa shape index (κ2) is 13.2. The van der Waals surface area contributed by atoms with Crippen molar-refractivity contribution in [3.05, 3.63) is 82.9 Å². The van der Waals surface area contributed by atoms with Crippen LogP contribution in [0.4, 0.5) is 22.7 Å². The fraction of sp³-hybridized carbons (Fsp3) is 0.424. The topological polar surface area (TPSA) is 32.3 Å². The molecule has 37 heavy (non-hydrogen) atoms. The van der Waals surface area contributed by atoms with Crippen LogP contribution < -0.4 is 10.2 Å². The maximum atomic E-state index is 12.8. The van der Waals surface area contributed by atoms with Crippen molar-refractivity contribution in [2.24, 2.45) is 0 Å². The van der Waals surface area contributed by atoms with Gasteiger partial charge in [-0.25, -0.2) is 0 Å². The predicted molar refractivity (Wildman–Crippen MR) is 167 cm³/mol. The summed E-state index contributed by atoms with van der Waals surface area (Å²) in [6.07, 6.45) is 8.18. The first-order chi connectivity index (χ1) is 17.7. The number of amides is 1. The van der Waals surface area contributed by atoms with Crippen molar-refractivity contribution in [2.45, 2.75) is 67.7 Å². The molecule has 0 aliphatic heterocycles. The van der Waals surface area contributed by atoms with Crippen LogP contribution in [0.25, 0.3) is 0 Å². The van der Waals surface area contributed by atoms with E-state index in [2.05, 4.69) is 119 Å². The molecule has 200 valence electrons. The van der Waals surface area contributed by atoms with Gasteiger partial charge in [-0.1, -0.05) is 35.4 Å². The number of carbonyl (C=O) groups is 1. The Hall–Kier alpha value is -2.64.